The molecule has 2 unspecified atom stereocenters. The number of fused-ring (bicyclic) bond motifs is 2. The molecule has 2 heterocycles. The standard InChI is InChI=1S/C17H19FN2O/c1-20-14-3-2-4-15(20)8-12(7-14)17(21)16-9-13(18)6-5-11(16)10-19/h5-6,9,12,14-15H,2-4,7-8H2,1H3. The monoisotopic (exact) mass is 286 g/mol. The Morgan fingerprint density at radius 1 is 1.33 bits per heavy atom. The number of hydrogen-bond acceptors (Lipinski definition) is 3. The van der Waals surface area contributed by atoms with Crippen LogP contribution in [0.15, 0.2) is 18.2 Å². The lowest BCUT2D eigenvalue weighted by molar-refractivity contribution is 0.0338. The number of nitrogens with zero attached hydrogens (tertiary/aromatic N) is 2. The van der Waals surface area contributed by atoms with E-state index in [2.05, 4.69) is 11.9 Å². The van der Waals surface area contributed by atoms with Crippen molar-refractivity contribution < 1.29 is 9.18 Å². The van der Waals surface area contributed by atoms with E-state index < -0.39 is 5.82 Å². The quantitative estimate of drug-likeness (QED) is 0.784. The third kappa shape index (κ3) is 2.58. The number of halogens is 1. The Labute approximate surface area is 124 Å². The van der Waals surface area contributed by atoms with Gasteiger partial charge in [-0.3, -0.25) is 4.79 Å². The van der Waals surface area contributed by atoms with Gasteiger partial charge in [-0.1, -0.05) is 6.42 Å². The van der Waals surface area contributed by atoms with E-state index in [9.17, 15) is 9.18 Å². The number of piperidine rings is 2. The van der Waals surface area contributed by atoms with Crippen molar-refractivity contribution in [2.75, 3.05) is 7.05 Å². The molecule has 0 amide bonds. The van der Waals surface area contributed by atoms with Crippen molar-refractivity contribution in [3.63, 3.8) is 0 Å². The largest absolute Gasteiger partial charge is 0.300 e. The summed E-state index contributed by atoms with van der Waals surface area (Å²) in [6.07, 6.45) is 5.14. The molecule has 2 aliphatic heterocycles. The van der Waals surface area contributed by atoms with Gasteiger partial charge in [0.2, 0.25) is 0 Å². The van der Waals surface area contributed by atoms with Crippen molar-refractivity contribution in [3.8, 4) is 6.07 Å². The van der Waals surface area contributed by atoms with Gasteiger partial charge in [-0.25, -0.2) is 4.39 Å². The van der Waals surface area contributed by atoms with Gasteiger partial charge in [0.1, 0.15) is 5.82 Å². The van der Waals surface area contributed by atoms with Crippen LogP contribution in [0.5, 0.6) is 0 Å². The molecule has 0 spiro atoms. The molecule has 2 atom stereocenters. The molecule has 0 saturated carbocycles. The normalized spacial score (nSPS) is 28.9. The Hall–Kier alpha value is -1.73. The third-order valence-electron chi connectivity index (χ3n) is 5.08. The molecule has 4 heteroatoms. The zero-order chi connectivity index (χ0) is 15.0. The minimum Gasteiger partial charge on any atom is -0.300 e. The van der Waals surface area contributed by atoms with Crippen LogP contribution in [0, 0.1) is 23.1 Å². The van der Waals surface area contributed by atoms with E-state index in [0.717, 1.165) is 25.7 Å². The van der Waals surface area contributed by atoms with Crippen LogP contribution in [-0.4, -0.2) is 29.8 Å². The second-order valence-electron chi connectivity index (χ2n) is 6.24. The Bertz CT molecular complexity index is 593. The Balaban J connectivity index is 1.86. The van der Waals surface area contributed by atoms with Crippen LogP contribution in [0.2, 0.25) is 0 Å². The summed E-state index contributed by atoms with van der Waals surface area (Å²) in [6.45, 7) is 0. The fourth-order valence-electron chi connectivity index (χ4n) is 3.87. The van der Waals surface area contributed by atoms with E-state index in [-0.39, 0.29) is 22.8 Å². The highest BCUT2D eigenvalue weighted by Gasteiger charge is 2.39. The van der Waals surface area contributed by atoms with Crippen molar-refractivity contribution >= 4 is 5.78 Å². The highest BCUT2D eigenvalue weighted by atomic mass is 19.1. The summed E-state index contributed by atoms with van der Waals surface area (Å²) in [7, 11) is 2.14. The van der Waals surface area contributed by atoms with Gasteiger partial charge in [0.15, 0.2) is 5.78 Å². The lowest BCUT2D eigenvalue weighted by atomic mass is 9.75. The molecular formula is C17H19FN2O. The first kappa shape index (κ1) is 14.2. The molecule has 2 bridgehead atoms. The number of ketones is 1. The van der Waals surface area contributed by atoms with E-state index in [1.54, 1.807) is 0 Å². The van der Waals surface area contributed by atoms with Gasteiger partial charge in [0.05, 0.1) is 11.6 Å². The van der Waals surface area contributed by atoms with E-state index in [1.807, 2.05) is 6.07 Å². The third-order valence-corrected chi connectivity index (χ3v) is 5.08. The summed E-state index contributed by atoms with van der Waals surface area (Å²) >= 11 is 0. The maximum Gasteiger partial charge on any atom is 0.167 e. The first-order valence-electron chi connectivity index (χ1n) is 7.56. The molecule has 21 heavy (non-hydrogen) atoms. The van der Waals surface area contributed by atoms with Crippen molar-refractivity contribution in [3.05, 3.63) is 35.1 Å². The molecule has 1 aromatic carbocycles. The highest BCUT2D eigenvalue weighted by Crippen LogP contribution is 2.37. The molecule has 2 fully saturated rings. The summed E-state index contributed by atoms with van der Waals surface area (Å²) < 4.78 is 13.4. The lowest BCUT2D eigenvalue weighted by Crippen LogP contribution is -2.51. The Morgan fingerprint density at radius 2 is 2.00 bits per heavy atom. The molecule has 0 radical (unpaired) electrons. The van der Waals surface area contributed by atoms with Crippen molar-refractivity contribution in [2.24, 2.45) is 5.92 Å². The fourth-order valence-corrected chi connectivity index (χ4v) is 3.87. The van der Waals surface area contributed by atoms with E-state index >= 15 is 0 Å². The zero-order valence-corrected chi connectivity index (χ0v) is 12.2. The molecule has 1 aromatic rings. The SMILES string of the molecule is CN1C2CCCC1CC(C(=O)c1cc(F)ccc1C#N)C2. The minimum absolute atomic E-state index is 0.0592. The average Bonchev–Trinajstić information content (AvgIpc) is 2.46. The predicted molar refractivity (Wildman–Crippen MR) is 77.4 cm³/mol. The van der Waals surface area contributed by atoms with Crippen LogP contribution in [0.3, 0.4) is 0 Å². The maximum absolute atomic E-state index is 13.4. The molecule has 0 aliphatic carbocycles. The summed E-state index contributed by atoms with van der Waals surface area (Å²) in [4.78, 5) is 15.1. The highest BCUT2D eigenvalue weighted by molar-refractivity contribution is 6.00. The molecule has 0 aromatic heterocycles. The number of hydrogen-bond donors (Lipinski definition) is 0. The van der Waals surface area contributed by atoms with Crippen LogP contribution >= 0.6 is 0 Å². The number of carbonyl (C=O) groups is 1. The molecular weight excluding hydrogens is 267 g/mol. The van der Waals surface area contributed by atoms with E-state index in [0.29, 0.717) is 12.1 Å². The predicted octanol–water partition coefficient (Wildman–Crippen LogP) is 3.14. The first-order valence-corrected chi connectivity index (χ1v) is 7.56. The van der Waals surface area contributed by atoms with Gasteiger partial charge < -0.3 is 4.90 Å². The minimum atomic E-state index is -0.453. The van der Waals surface area contributed by atoms with Gasteiger partial charge in [0, 0.05) is 23.6 Å². The van der Waals surface area contributed by atoms with Gasteiger partial charge in [-0.2, -0.15) is 5.26 Å². The van der Waals surface area contributed by atoms with E-state index in [4.69, 9.17) is 5.26 Å². The second kappa shape index (κ2) is 5.57. The molecule has 3 rings (SSSR count). The second-order valence-corrected chi connectivity index (χ2v) is 6.24. The van der Waals surface area contributed by atoms with Crippen LogP contribution in [0.25, 0.3) is 0 Å². The summed E-state index contributed by atoms with van der Waals surface area (Å²) in [5.41, 5.74) is 0.538. The number of nitriles is 1. The lowest BCUT2D eigenvalue weighted by Gasteiger charge is -2.46. The van der Waals surface area contributed by atoms with Gasteiger partial charge >= 0.3 is 0 Å². The van der Waals surface area contributed by atoms with E-state index in [1.165, 1.54) is 24.6 Å². The van der Waals surface area contributed by atoms with Crippen LogP contribution < -0.4 is 0 Å². The number of benzene rings is 1. The van der Waals surface area contributed by atoms with Crippen LogP contribution in [-0.2, 0) is 0 Å². The average molecular weight is 286 g/mol. The van der Waals surface area contributed by atoms with Crippen molar-refractivity contribution in [2.45, 2.75) is 44.2 Å². The first-order chi connectivity index (χ1) is 10.1. The number of carbonyl (C=O) groups excluding carboxylic acids is 1. The van der Waals surface area contributed by atoms with Gasteiger partial charge in [0.25, 0.3) is 0 Å². The van der Waals surface area contributed by atoms with Gasteiger partial charge in [-0.05, 0) is 50.9 Å². The number of rotatable bonds is 2. The Kier molecular flexibility index (Phi) is 3.77. The molecule has 2 saturated heterocycles. The summed E-state index contributed by atoms with van der Waals surface area (Å²) in [6, 6.07) is 6.76. The molecule has 0 N–H and O–H groups in total. The molecule has 3 nitrogen and oxygen atoms in total. The fraction of sp³-hybridized carbons (Fsp3) is 0.529. The summed E-state index contributed by atoms with van der Waals surface area (Å²) in [5, 5.41) is 9.13. The maximum atomic E-state index is 13.4. The Morgan fingerprint density at radius 3 is 2.62 bits per heavy atom. The summed E-state index contributed by atoms with van der Waals surface area (Å²) in [5.74, 6) is -0.591. The van der Waals surface area contributed by atoms with Crippen molar-refractivity contribution in [1.82, 2.24) is 4.90 Å². The molecule has 2 aliphatic rings. The van der Waals surface area contributed by atoms with Crippen LogP contribution in [0.4, 0.5) is 4.39 Å². The van der Waals surface area contributed by atoms with Crippen molar-refractivity contribution in [1.29, 1.82) is 5.26 Å². The topological polar surface area (TPSA) is 44.1 Å². The smallest absolute Gasteiger partial charge is 0.167 e. The molecule has 110 valence electrons. The van der Waals surface area contributed by atoms with Gasteiger partial charge in [-0.15, -0.1) is 0 Å². The number of Topliss-reactive ketones (excluding diaryl/α,β-unsaturated/α-hetero) is 1. The van der Waals surface area contributed by atoms with Crippen LogP contribution in [0.1, 0.15) is 48.0 Å². The zero-order valence-electron chi connectivity index (χ0n) is 12.2.